The van der Waals surface area contributed by atoms with Crippen LogP contribution in [0.15, 0.2) is 42.5 Å². The molecule has 0 radical (unpaired) electrons. The van der Waals surface area contributed by atoms with Crippen LogP contribution >= 0.6 is 23.2 Å². The summed E-state index contributed by atoms with van der Waals surface area (Å²) in [5, 5.41) is 10.3. The Hall–Kier alpha value is -1.51. The van der Waals surface area contributed by atoms with Gasteiger partial charge in [-0.15, -0.1) is 0 Å². The van der Waals surface area contributed by atoms with E-state index in [0.717, 1.165) is 11.1 Å². The van der Waals surface area contributed by atoms with Gasteiger partial charge in [0.25, 0.3) is 0 Å². The molecule has 0 aliphatic carbocycles. The fraction of sp³-hybridized carbons (Fsp3) is 0.133. The van der Waals surface area contributed by atoms with Crippen molar-refractivity contribution in [2.24, 2.45) is 0 Å². The average Bonchev–Trinajstić information content (AvgIpc) is 2.36. The van der Waals surface area contributed by atoms with Crippen molar-refractivity contribution in [2.75, 3.05) is 0 Å². The highest BCUT2D eigenvalue weighted by molar-refractivity contribution is 6.34. The molecule has 1 unspecified atom stereocenters. The lowest BCUT2D eigenvalue weighted by Crippen LogP contribution is -2.06. The summed E-state index contributed by atoms with van der Waals surface area (Å²) >= 11 is 12.0. The highest BCUT2D eigenvalue weighted by Crippen LogP contribution is 2.30. The minimum absolute atomic E-state index is 0.0940. The molecule has 19 heavy (non-hydrogen) atoms. The number of hydrogen-bond donors (Lipinski definition) is 1. The van der Waals surface area contributed by atoms with Gasteiger partial charge >= 0.3 is 5.97 Å². The molecule has 0 saturated carbocycles. The summed E-state index contributed by atoms with van der Waals surface area (Å²) in [5.74, 6) is -1.03. The molecule has 0 bridgehead atoms. The van der Waals surface area contributed by atoms with Crippen molar-refractivity contribution in [2.45, 2.75) is 12.8 Å². The number of carboxylic acid groups (broad SMARTS) is 1. The SMILES string of the molecule is CC(c1cc(Cl)cc(Cl)c1)c1ccccc1C(=O)O. The van der Waals surface area contributed by atoms with E-state index >= 15 is 0 Å². The van der Waals surface area contributed by atoms with Crippen LogP contribution in [0.25, 0.3) is 0 Å². The summed E-state index contributed by atoms with van der Waals surface area (Å²) in [6.45, 7) is 1.93. The van der Waals surface area contributed by atoms with Gasteiger partial charge in [-0.05, 0) is 35.4 Å². The van der Waals surface area contributed by atoms with Crippen LogP contribution in [0.1, 0.15) is 34.3 Å². The smallest absolute Gasteiger partial charge is 0.335 e. The van der Waals surface area contributed by atoms with Gasteiger partial charge in [0.05, 0.1) is 5.56 Å². The number of benzene rings is 2. The standard InChI is InChI=1S/C15H12Cl2O2/c1-9(10-6-11(16)8-12(17)7-10)13-4-2-3-5-14(13)15(18)19/h2-9H,1H3,(H,18,19). The molecule has 98 valence electrons. The lowest BCUT2D eigenvalue weighted by atomic mass is 9.90. The fourth-order valence-corrected chi connectivity index (χ4v) is 2.62. The zero-order valence-corrected chi connectivity index (χ0v) is 11.7. The first-order chi connectivity index (χ1) is 8.99. The third-order valence-electron chi connectivity index (χ3n) is 3.04. The molecule has 0 aromatic heterocycles. The van der Waals surface area contributed by atoms with E-state index in [4.69, 9.17) is 23.2 Å². The maximum absolute atomic E-state index is 11.2. The Morgan fingerprint density at radius 2 is 1.68 bits per heavy atom. The van der Waals surface area contributed by atoms with Gasteiger partial charge in [0, 0.05) is 16.0 Å². The quantitative estimate of drug-likeness (QED) is 0.879. The van der Waals surface area contributed by atoms with E-state index < -0.39 is 5.97 Å². The van der Waals surface area contributed by atoms with Crippen LogP contribution < -0.4 is 0 Å². The van der Waals surface area contributed by atoms with Crippen molar-refractivity contribution in [3.05, 3.63) is 69.2 Å². The summed E-state index contributed by atoms with van der Waals surface area (Å²) in [7, 11) is 0. The van der Waals surface area contributed by atoms with E-state index in [1.54, 1.807) is 30.3 Å². The first kappa shape index (κ1) is 13.9. The van der Waals surface area contributed by atoms with Gasteiger partial charge < -0.3 is 5.11 Å². The second-order valence-electron chi connectivity index (χ2n) is 4.32. The lowest BCUT2D eigenvalue weighted by molar-refractivity contribution is 0.0695. The van der Waals surface area contributed by atoms with Gasteiger partial charge in [0.15, 0.2) is 0 Å². The van der Waals surface area contributed by atoms with E-state index in [9.17, 15) is 9.90 Å². The molecular formula is C15H12Cl2O2. The van der Waals surface area contributed by atoms with E-state index in [0.29, 0.717) is 15.6 Å². The molecule has 0 fully saturated rings. The molecule has 4 heteroatoms. The molecule has 2 aromatic rings. The highest BCUT2D eigenvalue weighted by Gasteiger charge is 2.17. The highest BCUT2D eigenvalue weighted by atomic mass is 35.5. The van der Waals surface area contributed by atoms with Gasteiger partial charge in [-0.2, -0.15) is 0 Å². The van der Waals surface area contributed by atoms with Crippen LogP contribution in [0.3, 0.4) is 0 Å². The molecule has 2 nitrogen and oxygen atoms in total. The minimum atomic E-state index is -0.935. The molecule has 1 atom stereocenters. The summed E-state index contributed by atoms with van der Waals surface area (Å²) < 4.78 is 0. The number of carbonyl (C=O) groups is 1. The summed E-state index contributed by atoms with van der Waals surface area (Å²) in [6, 6.07) is 12.2. The number of aromatic carboxylic acids is 1. The van der Waals surface area contributed by atoms with Crippen molar-refractivity contribution in [3.63, 3.8) is 0 Å². The van der Waals surface area contributed by atoms with E-state index in [2.05, 4.69) is 0 Å². The predicted molar refractivity (Wildman–Crippen MR) is 77.4 cm³/mol. The maximum Gasteiger partial charge on any atom is 0.335 e. The molecule has 0 saturated heterocycles. The van der Waals surface area contributed by atoms with Gasteiger partial charge in [-0.25, -0.2) is 4.79 Å². The molecule has 0 spiro atoms. The Balaban J connectivity index is 2.49. The normalized spacial score (nSPS) is 12.2. The molecule has 2 rings (SSSR count). The van der Waals surface area contributed by atoms with Crippen molar-refractivity contribution in [3.8, 4) is 0 Å². The summed E-state index contributed by atoms with van der Waals surface area (Å²) in [6.07, 6.45) is 0. The number of carboxylic acids is 1. The second-order valence-corrected chi connectivity index (χ2v) is 5.19. The molecule has 2 aromatic carbocycles. The molecule has 0 aliphatic rings. The Morgan fingerprint density at radius 3 is 2.26 bits per heavy atom. The minimum Gasteiger partial charge on any atom is -0.478 e. The average molecular weight is 295 g/mol. The van der Waals surface area contributed by atoms with Crippen LogP contribution in [0, 0.1) is 0 Å². The monoisotopic (exact) mass is 294 g/mol. The molecule has 0 aliphatic heterocycles. The van der Waals surface area contributed by atoms with E-state index in [-0.39, 0.29) is 5.92 Å². The Bertz CT molecular complexity index is 603. The van der Waals surface area contributed by atoms with Crippen molar-refractivity contribution < 1.29 is 9.90 Å². The first-order valence-electron chi connectivity index (χ1n) is 5.77. The van der Waals surface area contributed by atoms with Gasteiger partial charge in [-0.3, -0.25) is 0 Å². The third kappa shape index (κ3) is 3.09. The van der Waals surface area contributed by atoms with Gasteiger partial charge in [0.1, 0.15) is 0 Å². The fourth-order valence-electron chi connectivity index (χ4n) is 2.07. The number of hydrogen-bond acceptors (Lipinski definition) is 1. The lowest BCUT2D eigenvalue weighted by Gasteiger charge is -2.15. The second kappa shape index (κ2) is 5.64. The van der Waals surface area contributed by atoms with Crippen LogP contribution in [0.2, 0.25) is 10.0 Å². The Kier molecular flexibility index (Phi) is 4.13. The van der Waals surface area contributed by atoms with Crippen LogP contribution in [-0.4, -0.2) is 11.1 Å². The number of halogens is 2. The Labute approximate surface area is 121 Å². The van der Waals surface area contributed by atoms with Crippen molar-refractivity contribution >= 4 is 29.2 Å². The molecule has 0 heterocycles. The molecule has 1 N–H and O–H groups in total. The molecular weight excluding hydrogens is 283 g/mol. The van der Waals surface area contributed by atoms with Crippen LogP contribution in [0.5, 0.6) is 0 Å². The van der Waals surface area contributed by atoms with Crippen LogP contribution in [0.4, 0.5) is 0 Å². The van der Waals surface area contributed by atoms with E-state index in [1.165, 1.54) is 0 Å². The summed E-state index contributed by atoms with van der Waals surface area (Å²) in [5.41, 5.74) is 1.94. The molecule has 0 amide bonds. The zero-order valence-electron chi connectivity index (χ0n) is 10.2. The summed E-state index contributed by atoms with van der Waals surface area (Å²) in [4.78, 5) is 11.2. The van der Waals surface area contributed by atoms with Crippen molar-refractivity contribution in [1.29, 1.82) is 0 Å². The van der Waals surface area contributed by atoms with Gasteiger partial charge in [0.2, 0.25) is 0 Å². The van der Waals surface area contributed by atoms with Gasteiger partial charge in [-0.1, -0.05) is 48.3 Å². The first-order valence-corrected chi connectivity index (χ1v) is 6.53. The maximum atomic E-state index is 11.2. The van der Waals surface area contributed by atoms with E-state index in [1.807, 2.05) is 19.1 Å². The zero-order chi connectivity index (χ0) is 14.0. The Morgan fingerprint density at radius 1 is 1.11 bits per heavy atom. The largest absolute Gasteiger partial charge is 0.478 e. The van der Waals surface area contributed by atoms with Crippen LogP contribution in [-0.2, 0) is 0 Å². The predicted octanol–water partition coefficient (Wildman–Crippen LogP) is 4.84. The number of rotatable bonds is 3. The van der Waals surface area contributed by atoms with Crippen molar-refractivity contribution in [1.82, 2.24) is 0 Å². The third-order valence-corrected chi connectivity index (χ3v) is 3.48. The topological polar surface area (TPSA) is 37.3 Å².